The van der Waals surface area contributed by atoms with Gasteiger partial charge < -0.3 is 10.1 Å². The van der Waals surface area contributed by atoms with Crippen molar-refractivity contribution in [3.05, 3.63) is 35.2 Å². The minimum atomic E-state index is -1.05. The van der Waals surface area contributed by atoms with Crippen molar-refractivity contribution in [3.8, 4) is 0 Å². The minimum Gasteiger partial charge on any atom is -0.448 e. The molecule has 3 amide bonds. The van der Waals surface area contributed by atoms with Crippen molar-refractivity contribution >= 4 is 39.3 Å². The van der Waals surface area contributed by atoms with Crippen molar-refractivity contribution in [2.45, 2.75) is 44.8 Å². The van der Waals surface area contributed by atoms with E-state index in [1.165, 1.54) is 18.3 Å². The van der Waals surface area contributed by atoms with E-state index < -0.39 is 24.0 Å². The zero-order valence-corrected chi connectivity index (χ0v) is 14.7. The van der Waals surface area contributed by atoms with Crippen LogP contribution in [0.3, 0.4) is 0 Å². The summed E-state index contributed by atoms with van der Waals surface area (Å²) in [6.07, 6.45) is 2.98. The Morgan fingerprint density at radius 3 is 2.64 bits per heavy atom. The van der Waals surface area contributed by atoms with Crippen LogP contribution in [-0.4, -0.2) is 30.1 Å². The smallest absolute Gasteiger partial charge is 0.349 e. The van der Waals surface area contributed by atoms with Gasteiger partial charge in [0.25, 0.3) is 5.91 Å². The van der Waals surface area contributed by atoms with Gasteiger partial charge in [0.2, 0.25) is 0 Å². The molecule has 7 heteroatoms. The average Bonchev–Trinajstić information content (AvgIpc) is 3.23. The van der Waals surface area contributed by atoms with Crippen LogP contribution in [0.25, 0.3) is 10.1 Å². The van der Waals surface area contributed by atoms with Gasteiger partial charge in [0, 0.05) is 10.7 Å². The number of carbonyl (C=O) groups excluding carboxylic acids is 3. The molecule has 0 unspecified atom stereocenters. The highest BCUT2D eigenvalue weighted by Crippen LogP contribution is 2.26. The van der Waals surface area contributed by atoms with Crippen molar-refractivity contribution in [2.75, 3.05) is 0 Å². The van der Waals surface area contributed by atoms with E-state index in [1.54, 1.807) is 6.07 Å². The lowest BCUT2D eigenvalue weighted by Crippen LogP contribution is -2.47. The number of esters is 1. The number of nitrogens with one attached hydrogen (secondary N) is 2. The van der Waals surface area contributed by atoms with Gasteiger partial charge in [-0.2, -0.15) is 0 Å². The molecule has 0 saturated heterocycles. The number of fused-ring (bicyclic) bond motifs is 1. The van der Waals surface area contributed by atoms with Crippen LogP contribution in [0, 0.1) is 0 Å². The lowest BCUT2D eigenvalue weighted by Gasteiger charge is -2.15. The van der Waals surface area contributed by atoms with Gasteiger partial charge in [0.15, 0.2) is 6.10 Å². The molecule has 1 heterocycles. The number of thiophene rings is 1. The molecule has 1 atom stereocenters. The number of ether oxygens (including phenoxy) is 1. The fraction of sp³-hybridized carbons (Fsp3) is 0.389. The van der Waals surface area contributed by atoms with E-state index in [4.69, 9.17) is 4.74 Å². The summed E-state index contributed by atoms with van der Waals surface area (Å²) in [6.45, 7) is 1.45. The highest BCUT2D eigenvalue weighted by molar-refractivity contribution is 7.20. The van der Waals surface area contributed by atoms with E-state index in [1.807, 2.05) is 24.3 Å². The molecule has 132 valence electrons. The maximum atomic E-state index is 12.2. The van der Waals surface area contributed by atoms with E-state index in [9.17, 15) is 14.4 Å². The lowest BCUT2D eigenvalue weighted by molar-refractivity contribution is -0.127. The van der Waals surface area contributed by atoms with Gasteiger partial charge in [-0.3, -0.25) is 10.1 Å². The SMILES string of the molecule is C[C@H](OC(=O)c1cc2ccccc2s1)C(=O)NC(=O)NC1CCCC1. The molecule has 1 aliphatic rings. The van der Waals surface area contributed by atoms with Crippen LogP contribution in [0.2, 0.25) is 0 Å². The molecule has 3 rings (SSSR count). The van der Waals surface area contributed by atoms with Crippen LogP contribution in [0.4, 0.5) is 4.79 Å². The Morgan fingerprint density at radius 1 is 1.20 bits per heavy atom. The average molecular weight is 360 g/mol. The summed E-state index contributed by atoms with van der Waals surface area (Å²) in [6, 6.07) is 8.92. The second-order valence-electron chi connectivity index (χ2n) is 6.14. The number of carbonyl (C=O) groups is 3. The molecule has 25 heavy (non-hydrogen) atoms. The molecule has 0 aliphatic heterocycles. The number of imide groups is 1. The van der Waals surface area contributed by atoms with Gasteiger partial charge in [-0.25, -0.2) is 9.59 Å². The summed E-state index contributed by atoms with van der Waals surface area (Å²) in [4.78, 5) is 36.5. The maximum Gasteiger partial charge on any atom is 0.349 e. The summed E-state index contributed by atoms with van der Waals surface area (Å²) in [5, 5.41) is 5.94. The number of benzene rings is 1. The van der Waals surface area contributed by atoms with Crippen LogP contribution in [0.15, 0.2) is 30.3 Å². The van der Waals surface area contributed by atoms with Gasteiger partial charge in [0.1, 0.15) is 4.88 Å². The summed E-state index contributed by atoms with van der Waals surface area (Å²) in [5.74, 6) is -1.20. The molecule has 0 radical (unpaired) electrons. The predicted octanol–water partition coefficient (Wildman–Crippen LogP) is 3.22. The topological polar surface area (TPSA) is 84.5 Å². The standard InChI is InChI=1S/C18H20N2O4S/c1-11(16(21)20-18(23)19-13-7-3-4-8-13)24-17(22)15-10-12-6-2-5-9-14(12)25-15/h2,5-6,9-11,13H,3-4,7-8H2,1H3,(H2,19,20,21,23)/t11-/m0/s1. The van der Waals surface area contributed by atoms with Crippen molar-refractivity contribution in [3.63, 3.8) is 0 Å². The van der Waals surface area contributed by atoms with E-state index in [0.29, 0.717) is 4.88 Å². The summed E-state index contributed by atoms with van der Waals surface area (Å²) in [7, 11) is 0. The second-order valence-corrected chi connectivity index (χ2v) is 7.22. The first-order valence-electron chi connectivity index (χ1n) is 8.34. The Hall–Kier alpha value is -2.41. The molecule has 1 saturated carbocycles. The minimum absolute atomic E-state index is 0.115. The summed E-state index contributed by atoms with van der Waals surface area (Å²) < 4.78 is 6.15. The molecule has 1 fully saturated rings. The van der Waals surface area contributed by atoms with E-state index in [0.717, 1.165) is 35.8 Å². The van der Waals surface area contributed by atoms with E-state index >= 15 is 0 Å². The maximum absolute atomic E-state index is 12.2. The number of hydrogen-bond acceptors (Lipinski definition) is 5. The Labute approximate surface area is 149 Å². The molecule has 1 aromatic carbocycles. The van der Waals surface area contributed by atoms with Crippen molar-refractivity contribution in [2.24, 2.45) is 0 Å². The van der Waals surface area contributed by atoms with Gasteiger partial charge >= 0.3 is 12.0 Å². The Morgan fingerprint density at radius 2 is 1.92 bits per heavy atom. The molecular weight excluding hydrogens is 340 g/mol. The Kier molecular flexibility index (Phi) is 5.33. The molecule has 0 bridgehead atoms. The number of hydrogen-bond donors (Lipinski definition) is 2. The molecule has 2 aromatic rings. The van der Waals surface area contributed by atoms with Crippen LogP contribution in [-0.2, 0) is 9.53 Å². The van der Waals surface area contributed by atoms with E-state index in [-0.39, 0.29) is 6.04 Å². The van der Waals surface area contributed by atoms with E-state index in [2.05, 4.69) is 10.6 Å². The molecule has 0 spiro atoms. The fourth-order valence-corrected chi connectivity index (χ4v) is 3.81. The third-order valence-corrected chi connectivity index (χ3v) is 5.30. The number of urea groups is 1. The number of amides is 3. The van der Waals surface area contributed by atoms with Crippen LogP contribution >= 0.6 is 11.3 Å². The zero-order valence-electron chi connectivity index (χ0n) is 13.9. The molecule has 1 aliphatic carbocycles. The first-order valence-corrected chi connectivity index (χ1v) is 9.15. The first-order chi connectivity index (χ1) is 12.0. The van der Waals surface area contributed by atoms with Gasteiger partial charge in [-0.15, -0.1) is 11.3 Å². The van der Waals surface area contributed by atoms with Crippen molar-refractivity contribution in [1.82, 2.24) is 10.6 Å². The van der Waals surface area contributed by atoms with Crippen LogP contribution in [0.1, 0.15) is 42.3 Å². The third-order valence-electron chi connectivity index (χ3n) is 4.21. The number of rotatable bonds is 4. The molecule has 2 N–H and O–H groups in total. The highest BCUT2D eigenvalue weighted by Gasteiger charge is 2.23. The predicted molar refractivity (Wildman–Crippen MR) is 95.6 cm³/mol. The largest absolute Gasteiger partial charge is 0.448 e. The fourth-order valence-electron chi connectivity index (χ4n) is 2.86. The van der Waals surface area contributed by atoms with Crippen LogP contribution < -0.4 is 10.6 Å². The first kappa shape index (κ1) is 17.4. The summed E-state index contributed by atoms with van der Waals surface area (Å²) in [5.41, 5.74) is 0. The van der Waals surface area contributed by atoms with Crippen molar-refractivity contribution in [1.29, 1.82) is 0 Å². The van der Waals surface area contributed by atoms with Gasteiger partial charge in [-0.1, -0.05) is 31.0 Å². The molecule has 6 nitrogen and oxygen atoms in total. The molecule has 1 aromatic heterocycles. The Balaban J connectivity index is 1.53. The highest BCUT2D eigenvalue weighted by atomic mass is 32.1. The lowest BCUT2D eigenvalue weighted by atomic mass is 10.2. The quantitative estimate of drug-likeness (QED) is 0.820. The molecular formula is C18H20N2O4S. The summed E-state index contributed by atoms with van der Waals surface area (Å²) >= 11 is 1.31. The third kappa shape index (κ3) is 4.36. The Bertz CT molecular complexity index is 762. The van der Waals surface area contributed by atoms with Crippen LogP contribution in [0.5, 0.6) is 0 Å². The zero-order chi connectivity index (χ0) is 17.8. The van der Waals surface area contributed by atoms with Crippen molar-refractivity contribution < 1.29 is 19.1 Å². The normalized spacial score (nSPS) is 15.7. The second kappa shape index (κ2) is 7.65. The van der Waals surface area contributed by atoms with Gasteiger partial charge in [0.05, 0.1) is 0 Å². The monoisotopic (exact) mass is 360 g/mol. The van der Waals surface area contributed by atoms with Gasteiger partial charge in [-0.05, 0) is 37.3 Å².